The fraction of sp³-hybridized carbons (Fsp3) is 0.714. The van der Waals surface area contributed by atoms with Crippen molar-refractivity contribution in [3.8, 4) is 0 Å². The second kappa shape index (κ2) is 8.11. The monoisotopic (exact) mass is 295 g/mol. The molecule has 3 N–H and O–H groups in total. The zero-order valence-corrected chi connectivity index (χ0v) is 12.8. The quantitative estimate of drug-likeness (QED) is 0.767. The van der Waals surface area contributed by atoms with Crippen molar-refractivity contribution in [3.63, 3.8) is 0 Å². The Bertz CT molecular complexity index is 437. The van der Waals surface area contributed by atoms with E-state index in [0.29, 0.717) is 24.9 Å². The van der Waals surface area contributed by atoms with Gasteiger partial charge in [0.05, 0.1) is 13.2 Å². The van der Waals surface area contributed by atoms with Gasteiger partial charge in [-0.15, -0.1) is 0 Å². The van der Waals surface area contributed by atoms with Crippen LogP contribution < -0.4 is 11.1 Å². The first-order valence-corrected chi connectivity index (χ1v) is 7.45. The van der Waals surface area contributed by atoms with Gasteiger partial charge in [-0.05, 0) is 13.8 Å². The summed E-state index contributed by atoms with van der Waals surface area (Å²) >= 11 is 0. The van der Waals surface area contributed by atoms with Crippen molar-refractivity contribution in [1.29, 1.82) is 0 Å². The molecule has 0 spiro atoms. The van der Waals surface area contributed by atoms with Crippen LogP contribution in [0.3, 0.4) is 0 Å². The lowest BCUT2D eigenvalue weighted by molar-refractivity contribution is 0.0368. The van der Waals surface area contributed by atoms with Crippen LogP contribution in [0.5, 0.6) is 0 Å². The highest BCUT2D eigenvalue weighted by Gasteiger charge is 2.14. The number of aromatic nitrogens is 2. The van der Waals surface area contributed by atoms with Gasteiger partial charge < -0.3 is 20.5 Å². The molecule has 1 aliphatic rings. The van der Waals surface area contributed by atoms with Gasteiger partial charge in [-0.25, -0.2) is 9.97 Å². The molecule has 1 aromatic rings. The van der Waals surface area contributed by atoms with Gasteiger partial charge in [0, 0.05) is 38.3 Å². The average Bonchev–Trinajstić information content (AvgIpc) is 2.45. The summed E-state index contributed by atoms with van der Waals surface area (Å²) in [7, 11) is 0. The summed E-state index contributed by atoms with van der Waals surface area (Å²) in [5.41, 5.74) is 5.82. The minimum Gasteiger partial charge on any atom is -0.384 e. The number of nitrogens with zero attached hydrogens (tertiary/aromatic N) is 3. The number of hydrogen-bond acceptors (Lipinski definition) is 7. The number of nitrogen functional groups attached to an aromatic ring is 1. The number of rotatable bonds is 7. The molecule has 0 radical (unpaired) electrons. The molecule has 0 bridgehead atoms. The van der Waals surface area contributed by atoms with Crippen molar-refractivity contribution in [2.45, 2.75) is 26.5 Å². The van der Waals surface area contributed by atoms with Gasteiger partial charge in [0.2, 0.25) is 0 Å². The number of morpholine rings is 1. The van der Waals surface area contributed by atoms with Crippen molar-refractivity contribution in [2.24, 2.45) is 0 Å². The first-order chi connectivity index (χ1) is 10.2. The number of nitrogens with one attached hydrogen (secondary N) is 1. The minimum atomic E-state index is 0.275. The maximum atomic E-state index is 5.82. The molecule has 0 amide bonds. The molecular formula is C14H25N5O2. The summed E-state index contributed by atoms with van der Waals surface area (Å²) in [5.74, 6) is 1.82. The van der Waals surface area contributed by atoms with Crippen LogP contribution in [-0.2, 0) is 16.1 Å². The van der Waals surface area contributed by atoms with E-state index in [9.17, 15) is 0 Å². The lowest BCUT2D eigenvalue weighted by Crippen LogP contribution is -2.42. The second-order valence-corrected chi connectivity index (χ2v) is 5.19. The van der Waals surface area contributed by atoms with Gasteiger partial charge in [-0.1, -0.05) is 0 Å². The van der Waals surface area contributed by atoms with E-state index >= 15 is 0 Å². The Labute approximate surface area is 125 Å². The maximum Gasteiger partial charge on any atom is 0.158 e. The van der Waals surface area contributed by atoms with Gasteiger partial charge >= 0.3 is 0 Å². The fourth-order valence-electron chi connectivity index (χ4n) is 2.32. The second-order valence-electron chi connectivity index (χ2n) is 5.19. The lowest BCUT2D eigenvalue weighted by atomic mass is 10.3. The van der Waals surface area contributed by atoms with Crippen LogP contribution in [0, 0.1) is 0 Å². The predicted octanol–water partition coefficient (Wildman–Crippen LogP) is 0.728. The zero-order chi connectivity index (χ0) is 15.1. The van der Waals surface area contributed by atoms with Crippen LogP contribution in [0.4, 0.5) is 11.6 Å². The van der Waals surface area contributed by atoms with E-state index < -0.39 is 0 Å². The van der Waals surface area contributed by atoms with E-state index in [1.54, 1.807) is 6.07 Å². The molecular weight excluding hydrogens is 270 g/mol. The molecule has 1 atom stereocenters. The molecule has 2 rings (SSSR count). The van der Waals surface area contributed by atoms with Crippen molar-refractivity contribution in [1.82, 2.24) is 14.9 Å². The molecule has 1 aliphatic heterocycles. The Morgan fingerprint density at radius 1 is 1.43 bits per heavy atom. The van der Waals surface area contributed by atoms with E-state index in [0.717, 1.165) is 38.7 Å². The zero-order valence-electron chi connectivity index (χ0n) is 12.8. The van der Waals surface area contributed by atoms with Crippen LogP contribution in [0.15, 0.2) is 6.07 Å². The smallest absolute Gasteiger partial charge is 0.158 e. The summed E-state index contributed by atoms with van der Waals surface area (Å²) < 4.78 is 10.7. The first kappa shape index (κ1) is 15.9. The van der Waals surface area contributed by atoms with E-state index in [1.807, 2.05) is 6.92 Å². The fourth-order valence-corrected chi connectivity index (χ4v) is 2.32. The van der Waals surface area contributed by atoms with E-state index in [4.69, 9.17) is 15.2 Å². The van der Waals surface area contributed by atoms with E-state index in [-0.39, 0.29) is 6.04 Å². The van der Waals surface area contributed by atoms with Crippen molar-refractivity contribution < 1.29 is 9.47 Å². The molecule has 7 heteroatoms. The average molecular weight is 295 g/mol. The summed E-state index contributed by atoms with van der Waals surface area (Å²) in [4.78, 5) is 11.0. The molecule has 0 aliphatic carbocycles. The number of ether oxygens (including phenoxy) is 2. The van der Waals surface area contributed by atoms with Crippen molar-refractivity contribution >= 4 is 11.6 Å². The molecule has 1 saturated heterocycles. The van der Waals surface area contributed by atoms with Crippen LogP contribution in [0.2, 0.25) is 0 Å². The predicted molar refractivity (Wildman–Crippen MR) is 82.1 cm³/mol. The summed E-state index contributed by atoms with van der Waals surface area (Å²) in [6.45, 7) is 9.63. The first-order valence-electron chi connectivity index (χ1n) is 7.45. The third kappa shape index (κ3) is 5.45. The highest BCUT2D eigenvalue weighted by atomic mass is 16.5. The standard InChI is InChI=1S/C14H25N5O2/c1-3-20-10-14-17-12(15)8-13(18-14)16-11(2)9-19-4-6-21-7-5-19/h8,11H,3-7,9-10H2,1-2H3,(H3,15,16,17,18). The Morgan fingerprint density at radius 3 is 2.90 bits per heavy atom. The maximum absolute atomic E-state index is 5.82. The minimum absolute atomic E-state index is 0.275. The number of nitrogens with two attached hydrogens (primary N) is 1. The molecule has 21 heavy (non-hydrogen) atoms. The van der Waals surface area contributed by atoms with Gasteiger partial charge in [-0.2, -0.15) is 0 Å². The van der Waals surface area contributed by atoms with Gasteiger partial charge in [0.1, 0.15) is 18.2 Å². The van der Waals surface area contributed by atoms with Gasteiger partial charge in [-0.3, -0.25) is 4.90 Å². The molecule has 1 unspecified atom stereocenters. The van der Waals surface area contributed by atoms with Crippen LogP contribution >= 0.6 is 0 Å². The van der Waals surface area contributed by atoms with Gasteiger partial charge in [0.15, 0.2) is 5.82 Å². The molecule has 1 aromatic heterocycles. The normalized spacial score (nSPS) is 17.6. The molecule has 2 heterocycles. The Balaban J connectivity index is 1.89. The largest absolute Gasteiger partial charge is 0.384 e. The SMILES string of the molecule is CCOCc1nc(N)cc(NC(C)CN2CCOCC2)n1. The van der Waals surface area contributed by atoms with Crippen LogP contribution in [0.25, 0.3) is 0 Å². The highest BCUT2D eigenvalue weighted by molar-refractivity contribution is 5.45. The highest BCUT2D eigenvalue weighted by Crippen LogP contribution is 2.11. The summed E-state index contributed by atoms with van der Waals surface area (Å²) in [6.07, 6.45) is 0. The Kier molecular flexibility index (Phi) is 6.16. The number of anilines is 2. The van der Waals surface area contributed by atoms with Crippen LogP contribution in [0.1, 0.15) is 19.7 Å². The Morgan fingerprint density at radius 2 is 2.19 bits per heavy atom. The molecule has 0 aromatic carbocycles. The third-order valence-electron chi connectivity index (χ3n) is 3.26. The Hall–Kier alpha value is -1.44. The van der Waals surface area contributed by atoms with Gasteiger partial charge in [0.25, 0.3) is 0 Å². The topological polar surface area (TPSA) is 85.5 Å². The lowest BCUT2D eigenvalue weighted by Gasteiger charge is -2.29. The summed E-state index contributed by atoms with van der Waals surface area (Å²) in [6, 6.07) is 2.03. The van der Waals surface area contributed by atoms with Crippen molar-refractivity contribution in [2.75, 3.05) is 50.5 Å². The van der Waals surface area contributed by atoms with Crippen molar-refractivity contribution in [3.05, 3.63) is 11.9 Å². The summed E-state index contributed by atoms with van der Waals surface area (Å²) in [5, 5.41) is 3.38. The third-order valence-corrected chi connectivity index (χ3v) is 3.26. The van der Waals surface area contributed by atoms with E-state index in [2.05, 4.69) is 27.1 Å². The molecule has 0 saturated carbocycles. The van der Waals surface area contributed by atoms with E-state index in [1.165, 1.54) is 0 Å². The number of hydrogen-bond donors (Lipinski definition) is 2. The molecule has 7 nitrogen and oxygen atoms in total. The molecule has 118 valence electrons. The van der Waals surface area contributed by atoms with Crippen LogP contribution in [-0.4, -0.2) is 60.4 Å². The molecule has 1 fully saturated rings.